The number of aryl methyl sites for hydroxylation is 1. The molecule has 4 heteroatoms. The first-order chi connectivity index (χ1) is 10.0. The molecule has 0 N–H and O–H groups in total. The summed E-state index contributed by atoms with van der Waals surface area (Å²) in [5, 5.41) is 0. The van der Waals surface area contributed by atoms with Gasteiger partial charge in [0.25, 0.3) is 10.1 Å². The van der Waals surface area contributed by atoms with Crippen molar-refractivity contribution in [2.24, 2.45) is 23.7 Å². The first kappa shape index (κ1) is 13.8. The van der Waals surface area contributed by atoms with E-state index in [1.165, 1.54) is 32.1 Å². The fraction of sp³-hybridized carbons (Fsp3) is 0.647. The molecular weight excluding hydrogens is 284 g/mol. The highest BCUT2D eigenvalue weighted by Crippen LogP contribution is 2.55. The molecule has 0 heterocycles. The van der Waals surface area contributed by atoms with Crippen LogP contribution in [0.3, 0.4) is 0 Å². The van der Waals surface area contributed by atoms with E-state index in [4.69, 9.17) is 4.18 Å². The molecule has 0 radical (unpaired) electrons. The Bertz CT molecular complexity index is 605. The van der Waals surface area contributed by atoms with Crippen LogP contribution in [0, 0.1) is 30.6 Å². The van der Waals surface area contributed by atoms with Crippen LogP contribution in [0.15, 0.2) is 29.2 Å². The molecule has 1 aromatic rings. The molecule has 5 rings (SSSR count). The summed E-state index contributed by atoms with van der Waals surface area (Å²) in [5.74, 6) is 2.58. The van der Waals surface area contributed by atoms with E-state index in [1.807, 2.05) is 19.1 Å². The van der Waals surface area contributed by atoms with Crippen LogP contribution in [0.5, 0.6) is 0 Å². The highest BCUT2D eigenvalue weighted by molar-refractivity contribution is 7.86. The molecule has 0 aliphatic heterocycles. The van der Waals surface area contributed by atoms with E-state index < -0.39 is 10.1 Å². The van der Waals surface area contributed by atoms with Crippen molar-refractivity contribution in [2.45, 2.75) is 50.0 Å². The Balaban J connectivity index is 1.56. The highest BCUT2D eigenvalue weighted by Gasteiger charge is 2.50. The Morgan fingerprint density at radius 3 is 1.95 bits per heavy atom. The van der Waals surface area contributed by atoms with Crippen molar-refractivity contribution in [1.82, 2.24) is 0 Å². The number of hydrogen-bond acceptors (Lipinski definition) is 3. The van der Waals surface area contributed by atoms with Gasteiger partial charge in [0.15, 0.2) is 0 Å². The fourth-order valence-corrected chi connectivity index (χ4v) is 6.13. The molecule has 3 nitrogen and oxygen atoms in total. The summed E-state index contributed by atoms with van der Waals surface area (Å²) in [7, 11) is -3.62. The van der Waals surface area contributed by atoms with Gasteiger partial charge in [-0.15, -0.1) is 0 Å². The predicted molar refractivity (Wildman–Crippen MR) is 80.3 cm³/mol. The first-order valence-electron chi connectivity index (χ1n) is 8.01. The topological polar surface area (TPSA) is 43.4 Å². The van der Waals surface area contributed by atoms with E-state index >= 15 is 0 Å². The summed E-state index contributed by atoms with van der Waals surface area (Å²) in [6.07, 6.45) is 5.96. The molecule has 0 saturated heterocycles. The Hall–Kier alpha value is -0.870. The monoisotopic (exact) mass is 306 g/mol. The molecule has 0 unspecified atom stereocenters. The van der Waals surface area contributed by atoms with Gasteiger partial charge in [-0.2, -0.15) is 8.42 Å². The third-order valence-corrected chi connectivity index (χ3v) is 7.01. The molecule has 4 saturated carbocycles. The zero-order valence-electron chi connectivity index (χ0n) is 12.4. The summed E-state index contributed by atoms with van der Waals surface area (Å²) >= 11 is 0. The van der Waals surface area contributed by atoms with Crippen LogP contribution in [0.4, 0.5) is 0 Å². The maximum atomic E-state index is 12.5. The summed E-state index contributed by atoms with van der Waals surface area (Å²) in [4.78, 5) is 0.293. The van der Waals surface area contributed by atoms with Crippen molar-refractivity contribution in [3.05, 3.63) is 29.8 Å². The molecule has 4 aliphatic rings. The minimum atomic E-state index is -3.62. The molecule has 114 valence electrons. The Morgan fingerprint density at radius 1 is 0.905 bits per heavy atom. The highest BCUT2D eigenvalue weighted by atomic mass is 32.2. The summed E-state index contributed by atoms with van der Waals surface area (Å²) in [6, 6.07) is 6.96. The normalized spacial score (nSPS) is 37.9. The van der Waals surface area contributed by atoms with Crippen LogP contribution >= 0.6 is 0 Å². The molecule has 0 amide bonds. The minimum Gasteiger partial charge on any atom is -0.262 e. The Morgan fingerprint density at radius 2 is 1.43 bits per heavy atom. The zero-order chi connectivity index (χ0) is 14.6. The number of hydrogen-bond donors (Lipinski definition) is 0. The molecule has 4 bridgehead atoms. The van der Waals surface area contributed by atoms with E-state index in [2.05, 4.69) is 0 Å². The number of benzene rings is 1. The second kappa shape index (κ2) is 4.82. The molecule has 0 atom stereocenters. The van der Waals surface area contributed by atoms with Crippen molar-refractivity contribution in [1.29, 1.82) is 0 Å². The van der Waals surface area contributed by atoms with Crippen molar-refractivity contribution in [2.75, 3.05) is 0 Å². The molecule has 1 aromatic carbocycles. The lowest BCUT2D eigenvalue weighted by molar-refractivity contribution is -0.0764. The maximum absolute atomic E-state index is 12.5. The number of rotatable bonds is 3. The van der Waals surface area contributed by atoms with Crippen LogP contribution in [-0.2, 0) is 14.3 Å². The van der Waals surface area contributed by atoms with Crippen LogP contribution < -0.4 is 0 Å². The summed E-state index contributed by atoms with van der Waals surface area (Å²) < 4.78 is 30.7. The van der Waals surface area contributed by atoms with Gasteiger partial charge in [0, 0.05) is 0 Å². The lowest BCUT2D eigenvalue weighted by atomic mass is 9.55. The fourth-order valence-electron chi connectivity index (χ4n) is 4.94. The molecule has 21 heavy (non-hydrogen) atoms. The quantitative estimate of drug-likeness (QED) is 0.802. The SMILES string of the molecule is Cc1ccc(S(=O)(=O)OC2C3CC4CC(C3)CC2C4)cc1. The van der Waals surface area contributed by atoms with Crippen LogP contribution in [0.1, 0.15) is 37.7 Å². The third-order valence-electron chi connectivity index (χ3n) is 5.69. The van der Waals surface area contributed by atoms with Gasteiger partial charge in [0.2, 0.25) is 0 Å². The minimum absolute atomic E-state index is 0.0795. The summed E-state index contributed by atoms with van der Waals surface area (Å²) in [6.45, 7) is 1.95. The largest absolute Gasteiger partial charge is 0.297 e. The maximum Gasteiger partial charge on any atom is 0.297 e. The lowest BCUT2D eigenvalue weighted by Crippen LogP contribution is -2.50. The average Bonchev–Trinajstić information content (AvgIpc) is 2.42. The van der Waals surface area contributed by atoms with Gasteiger partial charge in [0.1, 0.15) is 0 Å². The Labute approximate surface area is 126 Å². The van der Waals surface area contributed by atoms with Gasteiger partial charge < -0.3 is 0 Å². The second-order valence-corrected chi connectivity index (χ2v) is 8.83. The van der Waals surface area contributed by atoms with E-state index in [0.29, 0.717) is 16.7 Å². The second-order valence-electron chi connectivity index (χ2n) is 7.26. The van der Waals surface area contributed by atoms with Crippen molar-refractivity contribution in [3.63, 3.8) is 0 Å². The molecular formula is C17H22O3S. The first-order valence-corrected chi connectivity index (χ1v) is 9.42. The average molecular weight is 306 g/mol. The standard InChI is InChI=1S/C17H22O3S/c1-11-2-4-16(5-3-11)21(18,19)20-17-14-7-12-6-13(9-14)10-15(17)8-12/h2-5,12-15,17H,6-10H2,1H3. The molecule has 4 fully saturated rings. The van der Waals surface area contributed by atoms with Crippen LogP contribution in [0.25, 0.3) is 0 Å². The van der Waals surface area contributed by atoms with Gasteiger partial charge in [-0.05, 0) is 74.8 Å². The van der Waals surface area contributed by atoms with Gasteiger partial charge in [-0.25, -0.2) is 0 Å². The third kappa shape index (κ3) is 2.42. The predicted octanol–water partition coefficient (Wildman–Crippen LogP) is 3.53. The van der Waals surface area contributed by atoms with Gasteiger partial charge in [-0.1, -0.05) is 17.7 Å². The Kier molecular flexibility index (Phi) is 3.16. The van der Waals surface area contributed by atoms with Crippen LogP contribution in [0.2, 0.25) is 0 Å². The van der Waals surface area contributed by atoms with Crippen LogP contribution in [-0.4, -0.2) is 14.5 Å². The zero-order valence-corrected chi connectivity index (χ0v) is 13.2. The lowest BCUT2D eigenvalue weighted by Gasteiger charge is -2.53. The summed E-state index contributed by atoms with van der Waals surface area (Å²) in [5.41, 5.74) is 1.06. The molecule has 0 aromatic heterocycles. The van der Waals surface area contributed by atoms with Gasteiger partial charge >= 0.3 is 0 Å². The van der Waals surface area contributed by atoms with Crippen molar-refractivity contribution in [3.8, 4) is 0 Å². The van der Waals surface area contributed by atoms with Crippen molar-refractivity contribution < 1.29 is 12.6 Å². The van der Waals surface area contributed by atoms with E-state index in [9.17, 15) is 8.42 Å². The molecule has 4 aliphatic carbocycles. The van der Waals surface area contributed by atoms with E-state index in [-0.39, 0.29) is 6.10 Å². The van der Waals surface area contributed by atoms with E-state index in [0.717, 1.165) is 17.4 Å². The van der Waals surface area contributed by atoms with E-state index in [1.54, 1.807) is 12.1 Å². The molecule has 0 spiro atoms. The van der Waals surface area contributed by atoms with Crippen molar-refractivity contribution >= 4 is 10.1 Å². The van der Waals surface area contributed by atoms with Gasteiger partial charge in [-0.3, -0.25) is 4.18 Å². The van der Waals surface area contributed by atoms with Gasteiger partial charge in [0.05, 0.1) is 11.0 Å². The smallest absolute Gasteiger partial charge is 0.262 e.